The van der Waals surface area contributed by atoms with Gasteiger partial charge in [-0.15, -0.1) is 0 Å². The summed E-state index contributed by atoms with van der Waals surface area (Å²) in [5, 5.41) is 14.4. The van der Waals surface area contributed by atoms with Gasteiger partial charge in [-0.2, -0.15) is 0 Å². The number of amides is 2. The van der Waals surface area contributed by atoms with Crippen LogP contribution < -0.4 is 10.6 Å². The third-order valence-electron chi connectivity index (χ3n) is 6.42. The van der Waals surface area contributed by atoms with Gasteiger partial charge in [0.25, 0.3) is 0 Å². The zero-order chi connectivity index (χ0) is 22.5. The van der Waals surface area contributed by atoms with E-state index in [-0.39, 0.29) is 37.0 Å². The number of hydrogen-bond acceptors (Lipinski definition) is 4. The van der Waals surface area contributed by atoms with Crippen molar-refractivity contribution in [3.8, 4) is 0 Å². The van der Waals surface area contributed by atoms with Crippen LogP contribution in [0.15, 0.2) is 12.2 Å². The van der Waals surface area contributed by atoms with Gasteiger partial charge in [-0.1, -0.05) is 44.8 Å². The van der Waals surface area contributed by atoms with Crippen molar-refractivity contribution >= 4 is 17.8 Å². The molecule has 0 saturated carbocycles. The maximum absolute atomic E-state index is 12.2. The molecule has 2 amide bonds. The van der Waals surface area contributed by atoms with E-state index < -0.39 is 5.97 Å². The first-order chi connectivity index (χ1) is 15.0. The normalized spacial score (nSPS) is 24.5. The van der Waals surface area contributed by atoms with E-state index in [2.05, 4.69) is 29.7 Å². The van der Waals surface area contributed by atoms with Crippen LogP contribution in [0.2, 0.25) is 0 Å². The Hall–Kier alpha value is -1.89. The lowest BCUT2D eigenvalue weighted by atomic mass is 9.77. The molecule has 2 rings (SSSR count). The standard InChI is InChI=1S/C24H40N2O5/c1-2-3-4-5-9-12-22(27)26-17-23(28)25-16-19-18(20-14-15-21(19)31-20)11-8-6-7-10-13-24(29)30/h6,8,18-21H,2-5,7,9-17H2,1H3,(H,25,28)(H,26,27)(H,29,30)/b8-6+. The molecule has 2 aliphatic heterocycles. The maximum Gasteiger partial charge on any atom is 0.303 e. The number of fused-ring (bicyclic) bond motifs is 2. The van der Waals surface area contributed by atoms with E-state index in [1.165, 1.54) is 12.8 Å². The average Bonchev–Trinajstić information content (AvgIpc) is 3.34. The van der Waals surface area contributed by atoms with Gasteiger partial charge in [0, 0.05) is 25.3 Å². The molecule has 2 bridgehead atoms. The fourth-order valence-corrected chi connectivity index (χ4v) is 4.67. The molecular formula is C24H40N2O5. The first-order valence-electron chi connectivity index (χ1n) is 12.1. The Labute approximate surface area is 186 Å². The lowest BCUT2D eigenvalue weighted by molar-refractivity contribution is -0.137. The van der Waals surface area contributed by atoms with Crippen LogP contribution in [-0.2, 0) is 19.1 Å². The molecule has 0 aromatic carbocycles. The van der Waals surface area contributed by atoms with Crippen LogP contribution in [0.4, 0.5) is 0 Å². The molecule has 7 nitrogen and oxygen atoms in total. The third kappa shape index (κ3) is 9.42. The topological polar surface area (TPSA) is 105 Å². The molecule has 3 N–H and O–H groups in total. The fourth-order valence-electron chi connectivity index (χ4n) is 4.67. The second-order valence-electron chi connectivity index (χ2n) is 8.86. The van der Waals surface area contributed by atoms with Gasteiger partial charge in [-0.3, -0.25) is 14.4 Å². The Morgan fingerprint density at radius 1 is 0.903 bits per heavy atom. The number of nitrogens with one attached hydrogen (secondary N) is 2. The Morgan fingerprint density at radius 2 is 1.65 bits per heavy atom. The van der Waals surface area contributed by atoms with E-state index in [0.29, 0.717) is 31.2 Å². The summed E-state index contributed by atoms with van der Waals surface area (Å²) in [5.41, 5.74) is 0. The van der Waals surface area contributed by atoms with Crippen LogP contribution in [0.1, 0.15) is 84.0 Å². The van der Waals surface area contributed by atoms with Gasteiger partial charge in [0.2, 0.25) is 11.8 Å². The Kier molecular flexibility index (Phi) is 11.6. The number of allylic oxidation sites excluding steroid dienone is 2. The van der Waals surface area contributed by atoms with E-state index in [9.17, 15) is 14.4 Å². The molecule has 4 unspecified atom stereocenters. The molecule has 7 heteroatoms. The number of ether oxygens (including phenoxy) is 1. The van der Waals surface area contributed by atoms with Crippen molar-refractivity contribution in [2.45, 2.75) is 96.2 Å². The number of unbranched alkanes of at least 4 members (excludes halogenated alkanes) is 5. The Morgan fingerprint density at radius 3 is 2.39 bits per heavy atom. The van der Waals surface area contributed by atoms with Gasteiger partial charge in [0.15, 0.2) is 0 Å². The minimum Gasteiger partial charge on any atom is -0.481 e. The van der Waals surface area contributed by atoms with Crippen LogP contribution in [-0.4, -0.2) is 48.2 Å². The first-order valence-corrected chi connectivity index (χ1v) is 12.1. The summed E-state index contributed by atoms with van der Waals surface area (Å²) in [6.07, 6.45) is 15.3. The van der Waals surface area contributed by atoms with Gasteiger partial charge >= 0.3 is 5.97 Å². The van der Waals surface area contributed by atoms with Crippen molar-refractivity contribution in [1.82, 2.24) is 10.6 Å². The van der Waals surface area contributed by atoms with Crippen molar-refractivity contribution in [2.75, 3.05) is 13.1 Å². The SMILES string of the molecule is CCCCCCCC(=O)NCC(=O)NCC1C2CCC(O2)C1C/C=C/CCCC(=O)O. The van der Waals surface area contributed by atoms with Crippen LogP contribution in [0.3, 0.4) is 0 Å². The molecule has 2 fully saturated rings. The summed E-state index contributed by atoms with van der Waals surface area (Å²) >= 11 is 0. The van der Waals surface area contributed by atoms with Gasteiger partial charge in [0.1, 0.15) is 0 Å². The highest BCUT2D eigenvalue weighted by Crippen LogP contribution is 2.44. The Bertz CT molecular complexity index is 607. The van der Waals surface area contributed by atoms with E-state index in [4.69, 9.17) is 9.84 Å². The summed E-state index contributed by atoms with van der Waals surface area (Å²) in [7, 11) is 0. The first kappa shape index (κ1) is 25.4. The van der Waals surface area contributed by atoms with Crippen molar-refractivity contribution in [1.29, 1.82) is 0 Å². The molecule has 176 valence electrons. The maximum atomic E-state index is 12.2. The molecule has 31 heavy (non-hydrogen) atoms. The summed E-state index contributed by atoms with van der Waals surface area (Å²) in [6.45, 7) is 2.77. The molecule has 0 spiro atoms. The Balaban J connectivity index is 1.63. The lowest BCUT2D eigenvalue weighted by Crippen LogP contribution is -2.42. The number of carbonyl (C=O) groups excluding carboxylic acids is 2. The highest BCUT2D eigenvalue weighted by Gasteiger charge is 2.47. The molecule has 0 aromatic rings. The van der Waals surface area contributed by atoms with Crippen LogP contribution in [0.5, 0.6) is 0 Å². The largest absolute Gasteiger partial charge is 0.481 e. The van der Waals surface area contributed by atoms with Gasteiger partial charge in [-0.25, -0.2) is 0 Å². The van der Waals surface area contributed by atoms with Crippen LogP contribution in [0, 0.1) is 11.8 Å². The van der Waals surface area contributed by atoms with Gasteiger partial charge in [0.05, 0.1) is 18.8 Å². The highest BCUT2D eigenvalue weighted by molar-refractivity contribution is 5.84. The van der Waals surface area contributed by atoms with E-state index in [0.717, 1.165) is 44.9 Å². The lowest BCUT2D eigenvalue weighted by Gasteiger charge is -2.27. The molecule has 4 atom stereocenters. The predicted molar refractivity (Wildman–Crippen MR) is 120 cm³/mol. The number of carbonyl (C=O) groups is 3. The van der Waals surface area contributed by atoms with Crippen LogP contribution in [0.25, 0.3) is 0 Å². The third-order valence-corrected chi connectivity index (χ3v) is 6.42. The van der Waals surface area contributed by atoms with Crippen molar-refractivity contribution in [3.63, 3.8) is 0 Å². The van der Waals surface area contributed by atoms with E-state index in [1.54, 1.807) is 0 Å². The van der Waals surface area contributed by atoms with Crippen molar-refractivity contribution in [2.24, 2.45) is 11.8 Å². The minimum atomic E-state index is -0.756. The summed E-state index contributed by atoms with van der Waals surface area (Å²) in [6, 6.07) is 0. The van der Waals surface area contributed by atoms with E-state index >= 15 is 0 Å². The second kappa shape index (κ2) is 14.2. The summed E-state index contributed by atoms with van der Waals surface area (Å²) < 4.78 is 6.08. The zero-order valence-corrected chi connectivity index (χ0v) is 18.9. The molecule has 0 aromatic heterocycles. The average molecular weight is 437 g/mol. The molecule has 0 radical (unpaired) electrons. The fraction of sp³-hybridized carbons (Fsp3) is 0.792. The smallest absolute Gasteiger partial charge is 0.303 e. The van der Waals surface area contributed by atoms with Gasteiger partial charge in [-0.05, 0) is 44.4 Å². The monoisotopic (exact) mass is 436 g/mol. The minimum absolute atomic E-state index is 0.0314. The number of hydrogen-bond donors (Lipinski definition) is 3. The molecule has 2 saturated heterocycles. The molecular weight excluding hydrogens is 396 g/mol. The number of rotatable bonds is 16. The molecule has 0 aliphatic carbocycles. The van der Waals surface area contributed by atoms with E-state index in [1.807, 2.05) is 0 Å². The molecule has 2 aliphatic rings. The quantitative estimate of drug-likeness (QED) is 0.253. The van der Waals surface area contributed by atoms with Crippen LogP contribution >= 0.6 is 0 Å². The second-order valence-corrected chi connectivity index (χ2v) is 8.86. The van der Waals surface area contributed by atoms with Crippen molar-refractivity contribution < 1.29 is 24.2 Å². The number of aliphatic carboxylic acids is 1. The highest BCUT2D eigenvalue weighted by atomic mass is 16.5. The van der Waals surface area contributed by atoms with Crippen molar-refractivity contribution in [3.05, 3.63) is 12.2 Å². The summed E-state index contributed by atoms with van der Waals surface area (Å²) in [4.78, 5) is 34.6. The number of carboxylic acids is 1. The van der Waals surface area contributed by atoms with Gasteiger partial charge < -0.3 is 20.5 Å². The predicted octanol–water partition coefficient (Wildman–Crippen LogP) is 3.57. The molecule has 2 heterocycles. The number of carboxylic acid groups (broad SMARTS) is 1. The summed E-state index contributed by atoms with van der Waals surface area (Å²) in [5.74, 6) is -0.284. The zero-order valence-electron chi connectivity index (χ0n) is 18.9.